The first-order chi connectivity index (χ1) is 7.16. The zero-order chi connectivity index (χ0) is 10.5. The van der Waals surface area contributed by atoms with Crippen LogP contribution in [-0.4, -0.2) is 25.1 Å². The van der Waals surface area contributed by atoms with Gasteiger partial charge >= 0.3 is 0 Å². The van der Waals surface area contributed by atoms with Gasteiger partial charge in [0.15, 0.2) is 5.82 Å². The Bertz CT molecular complexity index is 473. The fourth-order valence-corrected chi connectivity index (χ4v) is 1.92. The van der Waals surface area contributed by atoms with E-state index < -0.39 is 0 Å². The lowest BCUT2D eigenvalue weighted by Crippen LogP contribution is -2.38. The monoisotopic (exact) mass is 203 g/mol. The molecule has 0 saturated heterocycles. The van der Waals surface area contributed by atoms with E-state index in [0.717, 1.165) is 24.5 Å². The molecule has 0 unspecified atom stereocenters. The molecule has 0 aromatic rings. The quantitative estimate of drug-likeness (QED) is 0.702. The van der Waals surface area contributed by atoms with Crippen molar-refractivity contribution in [1.29, 1.82) is 0 Å². The molecule has 0 aromatic heterocycles. The molecule has 15 heavy (non-hydrogen) atoms. The van der Waals surface area contributed by atoms with E-state index in [1.165, 1.54) is 0 Å². The van der Waals surface area contributed by atoms with Gasteiger partial charge in [-0.2, -0.15) is 0 Å². The van der Waals surface area contributed by atoms with E-state index >= 15 is 0 Å². The third-order valence-electron chi connectivity index (χ3n) is 2.84. The number of anilines is 1. The van der Waals surface area contributed by atoms with E-state index in [1.54, 1.807) is 6.33 Å². The van der Waals surface area contributed by atoms with Crippen molar-refractivity contribution in [3.63, 3.8) is 0 Å². The van der Waals surface area contributed by atoms with Gasteiger partial charge in [0.1, 0.15) is 17.8 Å². The van der Waals surface area contributed by atoms with Crippen LogP contribution in [0, 0.1) is 0 Å². The molecule has 3 aliphatic heterocycles. The molecule has 0 aromatic carbocycles. The Labute approximate surface area is 87.9 Å². The van der Waals surface area contributed by atoms with Gasteiger partial charge in [0.2, 0.25) is 0 Å². The zero-order valence-electron chi connectivity index (χ0n) is 8.86. The summed E-state index contributed by atoms with van der Waals surface area (Å²) in [4.78, 5) is 12.6. The maximum absolute atomic E-state index is 4.25. The highest BCUT2D eigenvalue weighted by Crippen LogP contribution is 2.31. The average Bonchev–Trinajstić information content (AvgIpc) is 2.64. The smallest absolute Gasteiger partial charge is 0.184 e. The van der Waals surface area contributed by atoms with Crippen molar-refractivity contribution in [1.82, 2.24) is 19.5 Å². The standard InChI is InChI=1S/C10H13N5/c1-10(2)3-4-15-6-13-8-7(9(15)14-10)11-5-12-8/h5-6,14H,3-4H2,1-2H3. The van der Waals surface area contributed by atoms with E-state index in [0.29, 0.717) is 5.82 Å². The van der Waals surface area contributed by atoms with Crippen LogP contribution in [0.15, 0.2) is 12.7 Å². The van der Waals surface area contributed by atoms with Crippen LogP contribution in [0.1, 0.15) is 20.3 Å². The van der Waals surface area contributed by atoms with Crippen LogP contribution in [0.4, 0.5) is 5.82 Å². The Morgan fingerprint density at radius 3 is 3.07 bits per heavy atom. The molecule has 0 bridgehead atoms. The normalized spacial score (nSPS) is 18.5. The lowest BCUT2D eigenvalue weighted by Gasteiger charge is -2.35. The fourth-order valence-electron chi connectivity index (χ4n) is 1.92. The second kappa shape index (κ2) is 2.68. The van der Waals surface area contributed by atoms with E-state index in [4.69, 9.17) is 0 Å². The van der Waals surface area contributed by atoms with Crippen molar-refractivity contribution in [2.45, 2.75) is 32.4 Å². The third-order valence-corrected chi connectivity index (χ3v) is 2.84. The van der Waals surface area contributed by atoms with Gasteiger partial charge in [-0.15, -0.1) is 0 Å². The summed E-state index contributed by atoms with van der Waals surface area (Å²) in [7, 11) is 0. The second-order valence-corrected chi connectivity index (χ2v) is 4.59. The molecular weight excluding hydrogens is 190 g/mol. The Morgan fingerprint density at radius 2 is 2.20 bits per heavy atom. The van der Waals surface area contributed by atoms with Gasteiger partial charge in [-0.3, -0.25) is 0 Å². The highest BCUT2D eigenvalue weighted by atomic mass is 15.2. The van der Waals surface area contributed by atoms with E-state index in [1.807, 2.05) is 6.33 Å². The van der Waals surface area contributed by atoms with Gasteiger partial charge in [0, 0.05) is 12.1 Å². The van der Waals surface area contributed by atoms with Gasteiger partial charge in [-0.25, -0.2) is 15.0 Å². The molecular formula is C10H13N5. The number of hydrogen-bond donors (Lipinski definition) is 1. The van der Waals surface area contributed by atoms with Gasteiger partial charge in [0.25, 0.3) is 0 Å². The number of nitrogens with one attached hydrogen (secondary N) is 1. The summed E-state index contributed by atoms with van der Waals surface area (Å²) >= 11 is 0. The molecule has 0 amide bonds. The molecule has 0 spiro atoms. The molecule has 3 rings (SSSR count). The fraction of sp³-hybridized carbons (Fsp3) is 0.500. The van der Waals surface area contributed by atoms with E-state index in [9.17, 15) is 0 Å². The number of fused-ring (bicyclic) bond motifs is 3. The first-order valence-electron chi connectivity index (χ1n) is 5.10. The van der Waals surface area contributed by atoms with Gasteiger partial charge in [0.05, 0.1) is 6.33 Å². The summed E-state index contributed by atoms with van der Waals surface area (Å²) in [5.74, 6) is 1.75. The topological polar surface area (TPSA) is 55.6 Å². The highest BCUT2D eigenvalue weighted by molar-refractivity contribution is 5.68. The van der Waals surface area contributed by atoms with Gasteiger partial charge in [-0.1, -0.05) is 0 Å². The Morgan fingerprint density at radius 1 is 1.33 bits per heavy atom. The Balaban J connectivity index is 2.19. The zero-order valence-corrected chi connectivity index (χ0v) is 8.86. The summed E-state index contributed by atoms with van der Waals surface area (Å²) in [6, 6.07) is 0. The second-order valence-electron chi connectivity index (χ2n) is 4.59. The van der Waals surface area contributed by atoms with Crippen molar-refractivity contribution in [3.05, 3.63) is 12.7 Å². The van der Waals surface area contributed by atoms with E-state index in [-0.39, 0.29) is 5.54 Å². The lowest BCUT2D eigenvalue weighted by atomic mass is 9.98. The van der Waals surface area contributed by atoms with E-state index in [2.05, 4.69) is 38.7 Å². The molecule has 0 radical (unpaired) electrons. The third kappa shape index (κ3) is 1.26. The highest BCUT2D eigenvalue weighted by Gasteiger charge is 2.27. The summed E-state index contributed by atoms with van der Waals surface area (Å²) < 4.78 is 2.10. The molecule has 0 saturated carbocycles. The Kier molecular flexibility index (Phi) is 1.55. The minimum atomic E-state index is 0.118. The molecule has 5 nitrogen and oxygen atoms in total. The maximum atomic E-state index is 4.25. The number of imidazole rings is 1. The number of aryl methyl sites for hydroxylation is 1. The van der Waals surface area contributed by atoms with Crippen LogP contribution < -0.4 is 5.32 Å². The summed E-state index contributed by atoms with van der Waals surface area (Å²) in [6.45, 7) is 5.36. The number of hydrogen-bond acceptors (Lipinski definition) is 4. The predicted octanol–water partition coefficient (Wildman–Crippen LogP) is 1.37. The minimum Gasteiger partial charge on any atom is -0.365 e. The van der Waals surface area contributed by atoms with Crippen molar-refractivity contribution < 1.29 is 0 Å². The number of nitrogens with zero attached hydrogens (tertiary/aromatic N) is 4. The van der Waals surface area contributed by atoms with Crippen LogP contribution in [0.25, 0.3) is 11.5 Å². The van der Waals surface area contributed by atoms with Crippen molar-refractivity contribution in [3.8, 4) is 11.5 Å². The maximum Gasteiger partial charge on any atom is 0.184 e. The first-order valence-corrected chi connectivity index (χ1v) is 5.10. The molecule has 0 atom stereocenters. The van der Waals surface area contributed by atoms with Crippen LogP contribution in [-0.2, 0) is 6.54 Å². The molecule has 5 heteroatoms. The molecule has 3 aliphatic rings. The largest absolute Gasteiger partial charge is 0.365 e. The van der Waals surface area contributed by atoms with Crippen molar-refractivity contribution >= 4 is 5.82 Å². The van der Waals surface area contributed by atoms with Gasteiger partial charge < -0.3 is 9.88 Å². The number of rotatable bonds is 0. The summed E-state index contributed by atoms with van der Waals surface area (Å²) in [6.07, 6.45) is 4.47. The molecule has 78 valence electrons. The van der Waals surface area contributed by atoms with Crippen LogP contribution in [0.2, 0.25) is 0 Å². The van der Waals surface area contributed by atoms with Crippen molar-refractivity contribution in [2.75, 3.05) is 5.32 Å². The lowest BCUT2D eigenvalue weighted by molar-refractivity contribution is 0.431. The van der Waals surface area contributed by atoms with Crippen LogP contribution >= 0.6 is 0 Å². The van der Waals surface area contributed by atoms with Crippen molar-refractivity contribution in [2.24, 2.45) is 0 Å². The van der Waals surface area contributed by atoms with Crippen LogP contribution in [0.3, 0.4) is 0 Å². The average molecular weight is 203 g/mol. The van der Waals surface area contributed by atoms with Crippen LogP contribution in [0.5, 0.6) is 0 Å². The molecule has 1 N–H and O–H groups in total. The predicted molar refractivity (Wildman–Crippen MR) is 56.8 cm³/mol. The molecule has 3 heterocycles. The number of aromatic nitrogens is 4. The molecule has 0 fully saturated rings. The molecule has 0 aliphatic carbocycles. The summed E-state index contributed by atoms with van der Waals surface area (Å²) in [5.41, 5.74) is 0.984. The van der Waals surface area contributed by atoms with Gasteiger partial charge in [-0.05, 0) is 20.3 Å². The SMILES string of the molecule is CC1(C)CCn2cnc3ncnc-3c2N1. The first kappa shape index (κ1) is 8.64. The minimum absolute atomic E-state index is 0.118. The Hall–Kier alpha value is -1.65. The summed E-state index contributed by atoms with van der Waals surface area (Å²) in [5, 5.41) is 3.49.